The van der Waals surface area contributed by atoms with Crippen molar-refractivity contribution in [1.82, 2.24) is 4.98 Å². The average Bonchev–Trinajstić information content (AvgIpc) is 2.46. The summed E-state index contributed by atoms with van der Waals surface area (Å²) in [4.78, 5) is 27.2. The molecule has 4 nitrogen and oxygen atoms in total. The van der Waals surface area contributed by atoms with E-state index in [1.165, 1.54) is 18.7 Å². The van der Waals surface area contributed by atoms with Crippen molar-refractivity contribution in [3.05, 3.63) is 54.2 Å². The predicted molar refractivity (Wildman–Crippen MR) is 80.0 cm³/mol. The number of rotatable bonds is 5. The summed E-state index contributed by atoms with van der Waals surface area (Å²) in [5.41, 5.74) is 1.21. The number of nitrogens with one attached hydrogen (secondary N) is 1. The van der Waals surface area contributed by atoms with E-state index in [0.29, 0.717) is 11.3 Å². The Bertz CT molecular complexity index is 614. The molecule has 0 saturated carbocycles. The minimum Gasteiger partial charge on any atom is -0.325 e. The molecular weight excluding hydrogens is 272 g/mol. The van der Waals surface area contributed by atoms with Crippen molar-refractivity contribution >= 4 is 29.1 Å². The van der Waals surface area contributed by atoms with Crippen molar-refractivity contribution in [1.29, 1.82) is 0 Å². The van der Waals surface area contributed by atoms with E-state index >= 15 is 0 Å². The quantitative estimate of drug-likeness (QED) is 0.678. The van der Waals surface area contributed by atoms with Crippen molar-refractivity contribution in [2.24, 2.45) is 0 Å². The number of carbonyl (C=O) groups excluding carboxylic acids is 2. The maximum Gasteiger partial charge on any atom is 0.234 e. The Balaban J connectivity index is 1.91. The second kappa shape index (κ2) is 6.86. The number of hydrogen-bond donors (Lipinski definition) is 1. The number of anilines is 1. The van der Waals surface area contributed by atoms with Gasteiger partial charge in [0.2, 0.25) is 5.91 Å². The monoisotopic (exact) mass is 286 g/mol. The van der Waals surface area contributed by atoms with Gasteiger partial charge in [0.25, 0.3) is 0 Å². The molecule has 20 heavy (non-hydrogen) atoms. The first-order valence-corrected chi connectivity index (χ1v) is 7.08. The van der Waals surface area contributed by atoms with Gasteiger partial charge in [0.05, 0.1) is 10.8 Å². The lowest BCUT2D eigenvalue weighted by Crippen LogP contribution is -2.14. The summed E-state index contributed by atoms with van der Waals surface area (Å²) < 4.78 is 0. The van der Waals surface area contributed by atoms with E-state index in [1.807, 2.05) is 18.2 Å². The topological polar surface area (TPSA) is 59.1 Å². The molecular formula is C15H14N2O2S. The number of Topliss-reactive ketones (excluding diaryl/α,β-unsaturated/α-hetero) is 1. The molecule has 0 aliphatic carbocycles. The van der Waals surface area contributed by atoms with Crippen molar-refractivity contribution in [3.8, 4) is 0 Å². The van der Waals surface area contributed by atoms with Crippen LogP contribution in [-0.4, -0.2) is 22.4 Å². The number of amides is 1. The summed E-state index contributed by atoms with van der Waals surface area (Å²) in [5, 5.41) is 3.57. The molecule has 1 heterocycles. The van der Waals surface area contributed by atoms with Crippen LogP contribution in [-0.2, 0) is 4.79 Å². The predicted octanol–water partition coefficient (Wildman–Crippen LogP) is 3.02. The minimum absolute atomic E-state index is 0.0241. The van der Waals surface area contributed by atoms with Gasteiger partial charge in [0, 0.05) is 17.4 Å². The minimum atomic E-state index is -0.124. The lowest BCUT2D eigenvalue weighted by Gasteiger charge is -2.06. The van der Waals surface area contributed by atoms with Crippen LogP contribution in [0.4, 0.5) is 5.69 Å². The molecule has 1 N–H and O–H groups in total. The molecule has 0 atom stereocenters. The fraction of sp³-hybridized carbons (Fsp3) is 0.133. The van der Waals surface area contributed by atoms with Gasteiger partial charge in [-0.3, -0.25) is 9.59 Å². The number of thioether (sulfide) groups is 1. The highest BCUT2D eigenvalue weighted by atomic mass is 32.2. The third-order valence-electron chi connectivity index (χ3n) is 2.54. The number of benzene rings is 1. The van der Waals surface area contributed by atoms with Gasteiger partial charge in [-0.1, -0.05) is 30.0 Å². The first kappa shape index (κ1) is 14.3. The maximum absolute atomic E-state index is 11.8. The summed E-state index contributed by atoms with van der Waals surface area (Å²) in [6, 6.07) is 12.5. The number of pyridine rings is 1. The van der Waals surface area contributed by atoms with E-state index in [-0.39, 0.29) is 17.4 Å². The standard InChI is InChI=1S/C15H14N2O2S/c1-11(18)12-5-4-6-13(9-12)17-14(19)10-20-15-7-2-3-8-16-15/h2-9H,10H2,1H3,(H,17,19). The van der Waals surface area contributed by atoms with E-state index in [4.69, 9.17) is 0 Å². The molecule has 0 fully saturated rings. The highest BCUT2D eigenvalue weighted by molar-refractivity contribution is 7.99. The van der Waals surface area contributed by atoms with Crippen molar-refractivity contribution < 1.29 is 9.59 Å². The Morgan fingerprint density at radius 2 is 2.05 bits per heavy atom. The van der Waals surface area contributed by atoms with Gasteiger partial charge < -0.3 is 5.32 Å². The van der Waals surface area contributed by atoms with Gasteiger partial charge in [-0.05, 0) is 31.2 Å². The molecule has 1 amide bonds. The van der Waals surface area contributed by atoms with Crippen LogP contribution in [0, 0.1) is 0 Å². The van der Waals surface area contributed by atoms with Gasteiger partial charge in [-0.2, -0.15) is 0 Å². The lowest BCUT2D eigenvalue weighted by molar-refractivity contribution is -0.113. The zero-order valence-electron chi connectivity index (χ0n) is 11.0. The molecule has 0 aliphatic heterocycles. The van der Waals surface area contributed by atoms with E-state index in [9.17, 15) is 9.59 Å². The van der Waals surface area contributed by atoms with Gasteiger partial charge in [0.15, 0.2) is 5.78 Å². The van der Waals surface area contributed by atoms with Crippen LogP contribution >= 0.6 is 11.8 Å². The number of carbonyl (C=O) groups is 2. The maximum atomic E-state index is 11.8. The Hall–Kier alpha value is -2.14. The average molecular weight is 286 g/mol. The Morgan fingerprint density at radius 3 is 2.75 bits per heavy atom. The molecule has 102 valence electrons. The first-order valence-electron chi connectivity index (χ1n) is 6.10. The van der Waals surface area contributed by atoms with Crippen LogP contribution in [0.1, 0.15) is 17.3 Å². The summed E-state index contributed by atoms with van der Waals surface area (Å²) in [6.07, 6.45) is 1.69. The van der Waals surface area contributed by atoms with Crippen molar-refractivity contribution in [3.63, 3.8) is 0 Å². The highest BCUT2D eigenvalue weighted by Gasteiger charge is 2.06. The fourth-order valence-electron chi connectivity index (χ4n) is 1.58. The molecule has 2 rings (SSSR count). The smallest absolute Gasteiger partial charge is 0.234 e. The van der Waals surface area contributed by atoms with Crippen LogP contribution in [0.25, 0.3) is 0 Å². The Kier molecular flexibility index (Phi) is 4.90. The molecule has 0 bridgehead atoms. The van der Waals surface area contributed by atoms with Crippen LogP contribution in [0.15, 0.2) is 53.7 Å². The number of aromatic nitrogens is 1. The van der Waals surface area contributed by atoms with E-state index in [2.05, 4.69) is 10.3 Å². The Morgan fingerprint density at radius 1 is 1.20 bits per heavy atom. The molecule has 1 aromatic heterocycles. The van der Waals surface area contributed by atoms with Crippen LogP contribution in [0.5, 0.6) is 0 Å². The van der Waals surface area contributed by atoms with Crippen LogP contribution in [0.3, 0.4) is 0 Å². The third kappa shape index (κ3) is 4.20. The molecule has 0 aliphatic rings. The lowest BCUT2D eigenvalue weighted by atomic mass is 10.1. The molecule has 0 saturated heterocycles. The van der Waals surface area contributed by atoms with E-state index in [1.54, 1.807) is 30.5 Å². The molecule has 2 aromatic rings. The van der Waals surface area contributed by atoms with Gasteiger partial charge in [0.1, 0.15) is 0 Å². The number of hydrogen-bond acceptors (Lipinski definition) is 4. The molecule has 0 radical (unpaired) electrons. The van der Waals surface area contributed by atoms with E-state index < -0.39 is 0 Å². The zero-order chi connectivity index (χ0) is 14.4. The second-order valence-electron chi connectivity index (χ2n) is 4.14. The number of ketones is 1. The summed E-state index contributed by atoms with van der Waals surface area (Å²) in [5.74, 6) is 0.131. The second-order valence-corrected chi connectivity index (χ2v) is 5.14. The van der Waals surface area contributed by atoms with Crippen molar-refractivity contribution in [2.75, 3.05) is 11.1 Å². The third-order valence-corrected chi connectivity index (χ3v) is 3.49. The molecule has 5 heteroatoms. The van der Waals surface area contributed by atoms with Crippen molar-refractivity contribution in [2.45, 2.75) is 11.9 Å². The first-order chi connectivity index (χ1) is 9.65. The summed E-state index contributed by atoms with van der Waals surface area (Å²) in [6.45, 7) is 1.50. The Labute approximate surface area is 121 Å². The van der Waals surface area contributed by atoms with Gasteiger partial charge in [-0.25, -0.2) is 4.98 Å². The summed E-state index contributed by atoms with van der Waals surface area (Å²) >= 11 is 1.37. The summed E-state index contributed by atoms with van der Waals surface area (Å²) in [7, 11) is 0. The zero-order valence-corrected chi connectivity index (χ0v) is 11.8. The SMILES string of the molecule is CC(=O)c1cccc(NC(=O)CSc2ccccn2)c1. The van der Waals surface area contributed by atoms with Gasteiger partial charge in [-0.15, -0.1) is 0 Å². The van der Waals surface area contributed by atoms with Gasteiger partial charge >= 0.3 is 0 Å². The van der Waals surface area contributed by atoms with Crippen LogP contribution in [0.2, 0.25) is 0 Å². The molecule has 1 aromatic carbocycles. The normalized spacial score (nSPS) is 10.1. The van der Waals surface area contributed by atoms with E-state index in [0.717, 1.165) is 5.03 Å². The molecule has 0 spiro atoms. The van der Waals surface area contributed by atoms with Crippen LogP contribution < -0.4 is 5.32 Å². The number of nitrogens with zero attached hydrogens (tertiary/aromatic N) is 1. The molecule has 0 unspecified atom stereocenters. The fourth-order valence-corrected chi connectivity index (χ4v) is 2.25. The largest absolute Gasteiger partial charge is 0.325 e. The highest BCUT2D eigenvalue weighted by Crippen LogP contribution is 2.15.